The van der Waals surface area contributed by atoms with Gasteiger partial charge in [0.25, 0.3) is 5.56 Å². The molecule has 0 aliphatic carbocycles. The Morgan fingerprint density at radius 2 is 1.88 bits per heavy atom. The number of benzene rings is 1. The van der Waals surface area contributed by atoms with Gasteiger partial charge in [-0.1, -0.05) is 15.9 Å². The Bertz CT molecular complexity index is 1080. The van der Waals surface area contributed by atoms with Gasteiger partial charge in [-0.3, -0.25) is 13.9 Å². The molecule has 1 aromatic carbocycles. The Kier molecular flexibility index (Phi) is 3.79. The first-order chi connectivity index (χ1) is 12.0. The fourth-order valence-electron chi connectivity index (χ4n) is 3.41. The van der Waals surface area contributed by atoms with Crippen molar-refractivity contribution in [3.05, 3.63) is 49.6 Å². The maximum atomic E-state index is 12.8. The number of aromatic nitrogens is 4. The minimum Gasteiger partial charge on any atom is -0.312 e. The highest BCUT2D eigenvalue weighted by atomic mass is 79.9. The van der Waals surface area contributed by atoms with Gasteiger partial charge in [-0.25, -0.2) is 4.79 Å². The molecule has 130 valence electrons. The lowest BCUT2D eigenvalue weighted by molar-refractivity contribution is 0.595. The zero-order valence-corrected chi connectivity index (χ0v) is 15.7. The number of nitrogens with zero attached hydrogens (tertiary/aromatic N) is 5. The summed E-state index contributed by atoms with van der Waals surface area (Å²) in [5.74, 6) is 0.713. The van der Waals surface area contributed by atoms with E-state index < -0.39 is 0 Å². The van der Waals surface area contributed by atoms with E-state index in [-0.39, 0.29) is 11.2 Å². The van der Waals surface area contributed by atoms with Crippen molar-refractivity contribution in [1.29, 1.82) is 0 Å². The predicted octanol–water partition coefficient (Wildman–Crippen LogP) is 2.22. The van der Waals surface area contributed by atoms with E-state index in [0.717, 1.165) is 29.7 Å². The molecule has 0 radical (unpaired) electrons. The van der Waals surface area contributed by atoms with Gasteiger partial charge in [0.15, 0.2) is 11.2 Å². The van der Waals surface area contributed by atoms with E-state index in [1.165, 1.54) is 9.13 Å². The molecule has 0 fully saturated rings. The molecule has 0 atom stereocenters. The Morgan fingerprint density at radius 1 is 1.16 bits per heavy atom. The number of hydrogen-bond acceptors (Lipinski definition) is 4. The summed E-state index contributed by atoms with van der Waals surface area (Å²) in [6, 6.07) is 8.00. The van der Waals surface area contributed by atoms with E-state index in [4.69, 9.17) is 0 Å². The Morgan fingerprint density at radius 3 is 2.56 bits per heavy atom. The molecule has 2 aromatic heterocycles. The van der Waals surface area contributed by atoms with Crippen LogP contribution in [0.4, 0.5) is 11.6 Å². The van der Waals surface area contributed by atoms with Crippen LogP contribution in [0.2, 0.25) is 0 Å². The van der Waals surface area contributed by atoms with E-state index in [9.17, 15) is 9.59 Å². The second-order valence-corrected chi connectivity index (χ2v) is 7.02. The van der Waals surface area contributed by atoms with Crippen molar-refractivity contribution >= 4 is 38.7 Å². The third-order valence-corrected chi connectivity index (χ3v) is 5.20. The molecule has 0 unspecified atom stereocenters. The number of hydrogen-bond donors (Lipinski definition) is 0. The van der Waals surface area contributed by atoms with Crippen molar-refractivity contribution in [2.75, 3.05) is 11.4 Å². The Balaban J connectivity index is 2.01. The summed E-state index contributed by atoms with van der Waals surface area (Å²) >= 11 is 3.45. The van der Waals surface area contributed by atoms with Crippen LogP contribution in [0.25, 0.3) is 11.2 Å². The molecule has 0 amide bonds. The van der Waals surface area contributed by atoms with Crippen molar-refractivity contribution in [2.45, 2.75) is 26.4 Å². The number of aryl methyl sites for hydroxylation is 2. The van der Waals surface area contributed by atoms with Gasteiger partial charge < -0.3 is 9.47 Å². The van der Waals surface area contributed by atoms with Crippen LogP contribution in [-0.4, -0.2) is 25.2 Å². The molecule has 0 saturated heterocycles. The lowest BCUT2D eigenvalue weighted by Gasteiger charge is -2.29. The number of anilines is 2. The molecular formula is C17H18BrN5O2. The summed E-state index contributed by atoms with van der Waals surface area (Å²) in [4.78, 5) is 32.0. The van der Waals surface area contributed by atoms with E-state index in [0.29, 0.717) is 23.7 Å². The second kappa shape index (κ2) is 5.87. The molecule has 7 nitrogen and oxygen atoms in total. The molecule has 1 aliphatic rings. The molecule has 3 aromatic rings. The van der Waals surface area contributed by atoms with Gasteiger partial charge in [-0.15, -0.1) is 0 Å². The molecule has 3 heterocycles. The maximum absolute atomic E-state index is 12.8. The molecule has 0 saturated carbocycles. The van der Waals surface area contributed by atoms with Gasteiger partial charge in [0.05, 0.1) is 0 Å². The minimum atomic E-state index is -0.328. The fourth-order valence-corrected chi connectivity index (χ4v) is 3.67. The summed E-state index contributed by atoms with van der Waals surface area (Å²) < 4.78 is 5.67. The Hall–Kier alpha value is -2.35. The molecule has 1 aliphatic heterocycles. The van der Waals surface area contributed by atoms with Crippen LogP contribution >= 0.6 is 15.9 Å². The number of rotatable bonds is 2. The zero-order chi connectivity index (χ0) is 17.7. The van der Waals surface area contributed by atoms with Crippen molar-refractivity contribution in [2.24, 2.45) is 7.05 Å². The lowest BCUT2D eigenvalue weighted by atomic mass is 10.2. The van der Waals surface area contributed by atoms with Gasteiger partial charge >= 0.3 is 5.69 Å². The average molecular weight is 404 g/mol. The van der Waals surface area contributed by atoms with Gasteiger partial charge in [-0.2, -0.15) is 4.98 Å². The van der Waals surface area contributed by atoms with Crippen LogP contribution in [0.1, 0.15) is 13.3 Å². The zero-order valence-electron chi connectivity index (χ0n) is 14.1. The highest BCUT2D eigenvalue weighted by molar-refractivity contribution is 9.10. The number of imidazole rings is 1. The van der Waals surface area contributed by atoms with Crippen LogP contribution < -0.4 is 16.1 Å². The van der Waals surface area contributed by atoms with Crippen LogP contribution in [-0.2, 0) is 20.1 Å². The van der Waals surface area contributed by atoms with Gasteiger partial charge in [0.1, 0.15) is 0 Å². The largest absolute Gasteiger partial charge is 0.332 e. The monoisotopic (exact) mass is 403 g/mol. The molecule has 0 bridgehead atoms. The van der Waals surface area contributed by atoms with Crippen LogP contribution in [0, 0.1) is 0 Å². The van der Waals surface area contributed by atoms with Crippen LogP contribution in [0.15, 0.2) is 38.3 Å². The van der Waals surface area contributed by atoms with E-state index in [1.807, 2.05) is 28.8 Å². The summed E-state index contributed by atoms with van der Waals surface area (Å²) in [5, 5.41) is 0. The fraction of sp³-hybridized carbons (Fsp3) is 0.353. The highest BCUT2D eigenvalue weighted by Gasteiger charge is 2.26. The molecule has 0 spiro atoms. The predicted molar refractivity (Wildman–Crippen MR) is 101 cm³/mol. The van der Waals surface area contributed by atoms with Gasteiger partial charge in [0.2, 0.25) is 5.95 Å². The van der Waals surface area contributed by atoms with Gasteiger partial charge in [-0.05, 0) is 37.6 Å². The van der Waals surface area contributed by atoms with Crippen molar-refractivity contribution in [3.63, 3.8) is 0 Å². The first kappa shape index (κ1) is 16.1. The smallest absolute Gasteiger partial charge is 0.312 e. The van der Waals surface area contributed by atoms with Gasteiger partial charge in [0, 0.05) is 36.8 Å². The quantitative estimate of drug-likeness (QED) is 0.657. The third-order valence-electron chi connectivity index (χ3n) is 4.67. The standard InChI is InChI=1S/C17H18BrN5O2/c1-3-21-15(24)13-14(20(2)17(21)25)19-16-22(9-4-10-23(13)16)12-7-5-11(18)6-8-12/h5-8H,3-4,9-10H2,1-2H3. The molecule has 0 N–H and O–H groups in total. The topological polar surface area (TPSA) is 65.1 Å². The minimum absolute atomic E-state index is 0.267. The normalized spacial score (nSPS) is 14.1. The van der Waals surface area contributed by atoms with E-state index >= 15 is 0 Å². The first-order valence-electron chi connectivity index (χ1n) is 8.26. The molecule has 25 heavy (non-hydrogen) atoms. The lowest BCUT2D eigenvalue weighted by Crippen LogP contribution is -2.39. The second-order valence-electron chi connectivity index (χ2n) is 6.11. The SMILES string of the molecule is CCn1c(=O)c2c(nc3n2CCCN3c2ccc(Br)cc2)n(C)c1=O. The third kappa shape index (κ3) is 2.35. The summed E-state index contributed by atoms with van der Waals surface area (Å²) in [6.07, 6.45) is 0.906. The number of halogens is 1. The van der Waals surface area contributed by atoms with Crippen molar-refractivity contribution in [1.82, 2.24) is 18.7 Å². The van der Waals surface area contributed by atoms with E-state index in [2.05, 4.69) is 25.8 Å². The summed E-state index contributed by atoms with van der Waals surface area (Å²) in [5.41, 5.74) is 1.36. The van der Waals surface area contributed by atoms with Crippen LogP contribution in [0.3, 0.4) is 0 Å². The Labute approximate surface area is 152 Å². The number of fused-ring (bicyclic) bond motifs is 3. The molecule has 8 heteroatoms. The van der Waals surface area contributed by atoms with Crippen molar-refractivity contribution in [3.8, 4) is 0 Å². The first-order valence-corrected chi connectivity index (χ1v) is 9.05. The van der Waals surface area contributed by atoms with Crippen LogP contribution in [0.5, 0.6) is 0 Å². The maximum Gasteiger partial charge on any atom is 0.332 e. The molecular weight excluding hydrogens is 386 g/mol. The van der Waals surface area contributed by atoms with E-state index in [1.54, 1.807) is 14.0 Å². The average Bonchev–Trinajstić information content (AvgIpc) is 3.01. The van der Waals surface area contributed by atoms with Crippen molar-refractivity contribution < 1.29 is 0 Å². The highest BCUT2D eigenvalue weighted by Crippen LogP contribution is 2.31. The summed E-state index contributed by atoms with van der Waals surface area (Å²) in [7, 11) is 1.67. The molecule has 4 rings (SSSR count). The summed E-state index contributed by atoms with van der Waals surface area (Å²) in [6.45, 7) is 3.69.